The monoisotopic (exact) mass is 336 g/mol. The lowest BCUT2D eigenvalue weighted by Crippen LogP contribution is -2.39. The maximum absolute atomic E-state index is 11.2. The molecule has 0 bridgehead atoms. The van der Waals surface area contributed by atoms with Crippen molar-refractivity contribution in [3.63, 3.8) is 0 Å². The van der Waals surface area contributed by atoms with Crippen molar-refractivity contribution in [2.75, 3.05) is 6.26 Å². The molecule has 2 N–H and O–H groups in total. The number of sulfonamides is 1. The molecule has 0 radical (unpaired) electrons. The van der Waals surface area contributed by atoms with Crippen LogP contribution in [0.25, 0.3) is 11.4 Å². The predicted octanol–water partition coefficient (Wildman–Crippen LogP) is 1.71. The lowest BCUT2D eigenvalue weighted by atomic mass is 9.94. The summed E-state index contributed by atoms with van der Waals surface area (Å²) in [6.45, 7) is 0. The highest BCUT2D eigenvalue weighted by Crippen LogP contribution is 2.25. The molecule has 0 saturated heterocycles. The Morgan fingerprint density at radius 1 is 1.22 bits per heavy atom. The molecule has 124 valence electrons. The van der Waals surface area contributed by atoms with Gasteiger partial charge in [0.2, 0.25) is 10.0 Å². The minimum absolute atomic E-state index is 0.0192. The molecule has 1 aliphatic rings. The summed E-state index contributed by atoms with van der Waals surface area (Å²) in [4.78, 5) is 4.36. The van der Waals surface area contributed by atoms with Gasteiger partial charge in [-0.2, -0.15) is 5.10 Å². The van der Waals surface area contributed by atoms with Crippen LogP contribution in [-0.4, -0.2) is 42.0 Å². The van der Waals surface area contributed by atoms with Crippen LogP contribution in [0.4, 0.5) is 0 Å². The highest BCUT2D eigenvalue weighted by molar-refractivity contribution is 7.88. The minimum Gasteiger partial charge on any atom is -0.489 e. The van der Waals surface area contributed by atoms with Gasteiger partial charge >= 0.3 is 0 Å². The quantitative estimate of drug-likeness (QED) is 0.866. The minimum atomic E-state index is -3.14. The van der Waals surface area contributed by atoms with Gasteiger partial charge in [-0.25, -0.2) is 13.1 Å². The smallest absolute Gasteiger partial charge is 0.208 e. The fourth-order valence-corrected chi connectivity index (χ4v) is 3.64. The van der Waals surface area contributed by atoms with Crippen LogP contribution in [0.5, 0.6) is 5.75 Å². The van der Waals surface area contributed by atoms with Crippen molar-refractivity contribution >= 4 is 10.0 Å². The standard InChI is InChI=1S/C15H20N4O3S/c1-23(20,21)19-11-2-4-12(5-3-11)22-13-6-7-14(16-10-13)15-8-9-17-18-15/h6-12,19H,2-5H2,1H3,(H,17,18)/t11-,12+. The van der Waals surface area contributed by atoms with Crippen molar-refractivity contribution in [1.82, 2.24) is 19.9 Å². The Morgan fingerprint density at radius 3 is 2.57 bits per heavy atom. The summed E-state index contributed by atoms with van der Waals surface area (Å²) in [5.41, 5.74) is 1.68. The molecule has 3 rings (SSSR count). The van der Waals surface area contributed by atoms with Crippen LogP contribution >= 0.6 is 0 Å². The fraction of sp³-hybridized carbons (Fsp3) is 0.467. The van der Waals surface area contributed by atoms with E-state index in [1.807, 2.05) is 18.2 Å². The number of nitrogens with zero attached hydrogens (tertiary/aromatic N) is 2. The third-order valence-electron chi connectivity index (χ3n) is 3.87. The number of hydrogen-bond acceptors (Lipinski definition) is 5. The Hall–Kier alpha value is -1.93. The molecule has 0 spiro atoms. The number of hydrogen-bond donors (Lipinski definition) is 2. The molecule has 0 unspecified atom stereocenters. The van der Waals surface area contributed by atoms with E-state index >= 15 is 0 Å². The summed E-state index contributed by atoms with van der Waals surface area (Å²) in [7, 11) is -3.14. The third-order valence-corrected chi connectivity index (χ3v) is 4.63. The van der Waals surface area contributed by atoms with Gasteiger partial charge in [0, 0.05) is 12.2 Å². The summed E-state index contributed by atoms with van der Waals surface area (Å²) in [5.74, 6) is 0.729. The van der Waals surface area contributed by atoms with Crippen LogP contribution in [0.2, 0.25) is 0 Å². The normalized spacial score (nSPS) is 22.0. The molecule has 1 fully saturated rings. The summed E-state index contributed by atoms with van der Waals surface area (Å²) >= 11 is 0. The Labute approximate surface area is 135 Å². The molecular weight excluding hydrogens is 316 g/mol. The number of ether oxygens (including phenoxy) is 1. The van der Waals surface area contributed by atoms with Crippen molar-refractivity contribution in [3.8, 4) is 17.1 Å². The van der Waals surface area contributed by atoms with E-state index in [0.717, 1.165) is 42.8 Å². The van der Waals surface area contributed by atoms with E-state index in [4.69, 9.17) is 4.74 Å². The molecule has 2 heterocycles. The molecular formula is C15H20N4O3S. The van der Waals surface area contributed by atoms with E-state index in [2.05, 4.69) is 19.9 Å². The maximum atomic E-state index is 11.2. The average Bonchev–Trinajstić information content (AvgIpc) is 3.03. The first-order valence-electron chi connectivity index (χ1n) is 7.59. The molecule has 1 aliphatic carbocycles. The maximum Gasteiger partial charge on any atom is 0.208 e. The molecule has 0 aromatic carbocycles. The van der Waals surface area contributed by atoms with Crippen molar-refractivity contribution in [1.29, 1.82) is 0 Å². The summed E-state index contributed by atoms with van der Waals surface area (Å²) in [6.07, 6.45) is 7.93. The number of H-pyrrole nitrogens is 1. The van der Waals surface area contributed by atoms with Crippen molar-refractivity contribution in [3.05, 3.63) is 30.6 Å². The van der Waals surface area contributed by atoms with Gasteiger partial charge in [-0.15, -0.1) is 0 Å². The zero-order chi connectivity index (χ0) is 16.3. The second-order valence-corrected chi connectivity index (χ2v) is 7.61. The number of nitrogens with one attached hydrogen (secondary N) is 2. The van der Waals surface area contributed by atoms with E-state index in [1.165, 1.54) is 6.26 Å². The fourth-order valence-electron chi connectivity index (χ4n) is 2.80. The van der Waals surface area contributed by atoms with Gasteiger partial charge in [0.1, 0.15) is 5.75 Å². The van der Waals surface area contributed by atoms with Crippen LogP contribution < -0.4 is 9.46 Å². The zero-order valence-electron chi connectivity index (χ0n) is 12.9. The molecule has 0 aliphatic heterocycles. The molecule has 2 aromatic heterocycles. The molecule has 0 atom stereocenters. The largest absolute Gasteiger partial charge is 0.489 e. The molecule has 7 nitrogen and oxygen atoms in total. The lowest BCUT2D eigenvalue weighted by Gasteiger charge is -2.28. The Kier molecular flexibility index (Phi) is 4.63. The SMILES string of the molecule is CS(=O)(=O)N[C@H]1CC[C@@H](Oc2ccc(-c3ccn[nH]3)nc2)CC1. The third kappa shape index (κ3) is 4.52. The topological polar surface area (TPSA) is 97.0 Å². The number of aromatic amines is 1. The highest BCUT2D eigenvalue weighted by Gasteiger charge is 2.24. The van der Waals surface area contributed by atoms with E-state index in [1.54, 1.807) is 12.4 Å². The summed E-state index contributed by atoms with van der Waals surface area (Å²) in [6, 6.07) is 5.66. The molecule has 2 aromatic rings. The second kappa shape index (κ2) is 6.67. The Morgan fingerprint density at radius 2 is 2.00 bits per heavy atom. The van der Waals surface area contributed by atoms with Crippen LogP contribution in [0.1, 0.15) is 25.7 Å². The summed E-state index contributed by atoms with van der Waals surface area (Å²) in [5, 5.41) is 6.77. The van der Waals surface area contributed by atoms with Gasteiger partial charge in [0.25, 0.3) is 0 Å². The first-order valence-corrected chi connectivity index (χ1v) is 9.48. The van der Waals surface area contributed by atoms with E-state index in [-0.39, 0.29) is 12.1 Å². The molecule has 1 saturated carbocycles. The number of aromatic nitrogens is 3. The second-order valence-electron chi connectivity index (χ2n) is 5.83. The Bertz CT molecular complexity index is 721. The molecule has 0 amide bonds. The van der Waals surface area contributed by atoms with Crippen LogP contribution in [0.15, 0.2) is 30.6 Å². The number of rotatable bonds is 5. The number of pyridine rings is 1. The first kappa shape index (κ1) is 15.9. The van der Waals surface area contributed by atoms with Gasteiger partial charge in [-0.3, -0.25) is 10.1 Å². The zero-order valence-corrected chi connectivity index (χ0v) is 13.7. The van der Waals surface area contributed by atoms with Gasteiger partial charge < -0.3 is 4.74 Å². The lowest BCUT2D eigenvalue weighted by molar-refractivity contribution is 0.144. The van der Waals surface area contributed by atoms with Crippen molar-refractivity contribution in [2.45, 2.75) is 37.8 Å². The van der Waals surface area contributed by atoms with E-state index < -0.39 is 10.0 Å². The predicted molar refractivity (Wildman–Crippen MR) is 86.5 cm³/mol. The molecule has 23 heavy (non-hydrogen) atoms. The van der Waals surface area contributed by atoms with Crippen molar-refractivity contribution in [2.24, 2.45) is 0 Å². The summed E-state index contributed by atoms with van der Waals surface area (Å²) < 4.78 is 31.1. The van der Waals surface area contributed by atoms with E-state index in [0.29, 0.717) is 0 Å². The Balaban J connectivity index is 1.53. The highest BCUT2D eigenvalue weighted by atomic mass is 32.2. The first-order chi connectivity index (χ1) is 11.0. The average molecular weight is 336 g/mol. The van der Waals surface area contributed by atoms with Crippen LogP contribution in [-0.2, 0) is 10.0 Å². The van der Waals surface area contributed by atoms with Crippen LogP contribution in [0, 0.1) is 0 Å². The van der Waals surface area contributed by atoms with Gasteiger partial charge in [-0.05, 0) is 43.9 Å². The van der Waals surface area contributed by atoms with Crippen molar-refractivity contribution < 1.29 is 13.2 Å². The van der Waals surface area contributed by atoms with Gasteiger partial charge in [0.05, 0.1) is 29.9 Å². The van der Waals surface area contributed by atoms with Gasteiger partial charge in [-0.1, -0.05) is 0 Å². The molecule has 8 heteroatoms. The van der Waals surface area contributed by atoms with Crippen LogP contribution in [0.3, 0.4) is 0 Å². The van der Waals surface area contributed by atoms with E-state index in [9.17, 15) is 8.42 Å². The van der Waals surface area contributed by atoms with Gasteiger partial charge in [0.15, 0.2) is 0 Å².